The van der Waals surface area contributed by atoms with Crippen molar-refractivity contribution in [2.75, 3.05) is 32.2 Å². The maximum absolute atomic E-state index is 14.4. The summed E-state index contributed by atoms with van der Waals surface area (Å²) in [5, 5.41) is 12.8. The molecule has 1 aliphatic rings. The van der Waals surface area contributed by atoms with E-state index in [0.717, 1.165) is 41.9 Å². The standard InChI is InChI=1S/C34H40N6O5/c1-22-16-28(38-15-9-12-26(21-38)37-32(41)45-34(2,3)4)30-31(36-22)40(20-25-13-14-27(43-5)17-29(25)44-6)33(42)39(30)19-24-11-8-7-10-23(24)18-35/h7-8,10-11,13-14,16-17,26H,9,12,15,19-21H2,1-6H3,(H,37,41). The van der Waals surface area contributed by atoms with E-state index in [4.69, 9.17) is 19.2 Å². The van der Waals surface area contributed by atoms with Crippen molar-refractivity contribution in [2.24, 2.45) is 0 Å². The van der Waals surface area contributed by atoms with E-state index in [0.29, 0.717) is 34.8 Å². The van der Waals surface area contributed by atoms with Gasteiger partial charge in [0.05, 0.1) is 44.6 Å². The van der Waals surface area contributed by atoms with E-state index in [1.54, 1.807) is 35.5 Å². The highest BCUT2D eigenvalue weighted by molar-refractivity contribution is 5.88. The Hall–Kier alpha value is -4.98. The fraction of sp³-hybridized carbons (Fsp3) is 0.412. The second-order valence-corrected chi connectivity index (χ2v) is 12.3. The quantitative estimate of drug-likeness (QED) is 0.295. The highest BCUT2D eigenvalue weighted by Crippen LogP contribution is 2.32. The Labute approximate surface area is 262 Å². The average molecular weight is 613 g/mol. The molecule has 1 aliphatic heterocycles. The Morgan fingerprint density at radius 2 is 1.82 bits per heavy atom. The lowest BCUT2D eigenvalue weighted by atomic mass is 10.0. The van der Waals surface area contributed by atoms with Crippen molar-refractivity contribution in [3.05, 3.63) is 81.4 Å². The van der Waals surface area contributed by atoms with Gasteiger partial charge in [0.25, 0.3) is 0 Å². The van der Waals surface area contributed by atoms with Crippen LogP contribution in [0, 0.1) is 18.3 Å². The molecule has 0 radical (unpaired) electrons. The molecule has 11 nitrogen and oxygen atoms in total. The Kier molecular flexibility index (Phi) is 9.04. The molecule has 2 aromatic carbocycles. The number of anilines is 1. The first-order chi connectivity index (χ1) is 21.5. The number of carbonyl (C=O) groups excluding carboxylic acids is 1. The minimum absolute atomic E-state index is 0.137. The summed E-state index contributed by atoms with van der Waals surface area (Å²) in [5.74, 6) is 1.24. The predicted molar refractivity (Wildman–Crippen MR) is 172 cm³/mol. The number of aryl methyl sites for hydroxylation is 1. The van der Waals surface area contributed by atoms with Crippen LogP contribution in [0.4, 0.5) is 10.5 Å². The van der Waals surface area contributed by atoms with Crippen LogP contribution in [0.25, 0.3) is 11.2 Å². The lowest BCUT2D eigenvalue weighted by Gasteiger charge is -2.35. The van der Waals surface area contributed by atoms with Gasteiger partial charge in [-0.1, -0.05) is 18.2 Å². The number of pyridine rings is 1. The van der Waals surface area contributed by atoms with Crippen molar-refractivity contribution in [1.29, 1.82) is 5.26 Å². The number of ether oxygens (including phenoxy) is 3. The summed E-state index contributed by atoms with van der Waals surface area (Å²) in [6, 6.07) is 16.9. The topological polar surface area (TPSA) is 124 Å². The van der Waals surface area contributed by atoms with E-state index in [9.17, 15) is 14.9 Å². The smallest absolute Gasteiger partial charge is 0.407 e. The number of nitrogens with zero attached hydrogens (tertiary/aromatic N) is 5. The lowest BCUT2D eigenvalue weighted by Crippen LogP contribution is -2.49. The molecule has 5 rings (SSSR count). The van der Waals surface area contributed by atoms with E-state index in [2.05, 4.69) is 16.3 Å². The van der Waals surface area contributed by atoms with Gasteiger partial charge in [0.1, 0.15) is 22.6 Å². The number of piperidine rings is 1. The van der Waals surface area contributed by atoms with Gasteiger partial charge in [-0.15, -0.1) is 0 Å². The Balaban J connectivity index is 1.63. The van der Waals surface area contributed by atoms with Crippen LogP contribution in [0.5, 0.6) is 11.5 Å². The predicted octanol–water partition coefficient (Wildman–Crippen LogP) is 4.99. The summed E-state index contributed by atoms with van der Waals surface area (Å²) in [7, 11) is 3.18. The van der Waals surface area contributed by atoms with E-state index >= 15 is 0 Å². The van der Waals surface area contributed by atoms with Crippen LogP contribution < -0.4 is 25.4 Å². The number of aromatic nitrogens is 3. The van der Waals surface area contributed by atoms with Gasteiger partial charge in [0.15, 0.2) is 5.65 Å². The van der Waals surface area contributed by atoms with Gasteiger partial charge < -0.3 is 24.4 Å². The minimum Gasteiger partial charge on any atom is -0.497 e. The molecule has 0 aliphatic carbocycles. The lowest BCUT2D eigenvalue weighted by molar-refractivity contribution is 0.0500. The van der Waals surface area contributed by atoms with Crippen molar-refractivity contribution in [2.45, 2.75) is 65.3 Å². The maximum Gasteiger partial charge on any atom is 0.407 e. The molecule has 4 aromatic rings. The van der Waals surface area contributed by atoms with Gasteiger partial charge in [-0.05, 0) is 70.4 Å². The SMILES string of the molecule is COc1ccc(Cn2c(=O)n(Cc3ccccc3C#N)c3c(N4CCCC(NC(=O)OC(C)(C)C)C4)cc(C)nc32)c(OC)c1. The third-order valence-corrected chi connectivity index (χ3v) is 7.84. The number of imidazole rings is 1. The summed E-state index contributed by atoms with van der Waals surface area (Å²) >= 11 is 0. The molecule has 1 saturated heterocycles. The molecule has 45 heavy (non-hydrogen) atoms. The van der Waals surface area contributed by atoms with Gasteiger partial charge >= 0.3 is 11.8 Å². The fourth-order valence-electron chi connectivity index (χ4n) is 5.82. The largest absolute Gasteiger partial charge is 0.497 e. The number of rotatable bonds is 8. The van der Waals surface area contributed by atoms with Gasteiger partial charge in [-0.3, -0.25) is 9.13 Å². The van der Waals surface area contributed by atoms with Crippen LogP contribution in [-0.2, 0) is 17.8 Å². The number of fused-ring (bicyclic) bond motifs is 1. The number of hydrogen-bond acceptors (Lipinski definition) is 8. The zero-order valence-electron chi connectivity index (χ0n) is 26.7. The molecule has 1 atom stereocenters. The third kappa shape index (κ3) is 6.90. The number of amides is 1. The molecule has 1 fully saturated rings. The van der Waals surface area contributed by atoms with Crippen molar-refractivity contribution in [3.63, 3.8) is 0 Å². The van der Waals surface area contributed by atoms with Gasteiger partial charge in [0.2, 0.25) is 0 Å². The summed E-state index contributed by atoms with van der Waals surface area (Å²) < 4.78 is 19.9. The molecule has 3 heterocycles. The molecule has 0 saturated carbocycles. The first-order valence-corrected chi connectivity index (χ1v) is 15.1. The van der Waals surface area contributed by atoms with Crippen molar-refractivity contribution in [1.82, 2.24) is 19.4 Å². The monoisotopic (exact) mass is 612 g/mol. The van der Waals surface area contributed by atoms with Crippen LogP contribution in [0.15, 0.2) is 53.3 Å². The van der Waals surface area contributed by atoms with Crippen LogP contribution in [0.3, 0.4) is 0 Å². The number of hydrogen-bond donors (Lipinski definition) is 1. The highest BCUT2D eigenvalue weighted by Gasteiger charge is 2.28. The van der Waals surface area contributed by atoms with Crippen molar-refractivity contribution < 1.29 is 19.0 Å². The van der Waals surface area contributed by atoms with Crippen LogP contribution in [0.2, 0.25) is 0 Å². The van der Waals surface area contributed by atoms with Gasteiger partial charge in [0, 0.05) is 36.5 Å². The van der Waals surface area contributed by atoms with Crippen LogP contribution >= 0.6 is 0 Å². The highest BCUT2D eigenvalue weighted by atomic mass is 16.6. The second kappa shape index (κ2) is 12.9. The number of carbonyl (C=O) groups is 1. The molecule has 1 amide bonds. The molecular weight excluding hydrogens is 572 g/mol. The van der Waals surface area contributed by atoms with Crippen molar-refractivity contribution >= 4 is 22.9 Å². The van der Waals surface area contributed by atoms with Gasteiger partial charge in [-0.2, -0.15) is 5.26 Å². The molecule has 236 valence electrons. The summed E-state index contributed by atoms with van der Waals surface area (Å²) in [5.41, 5.74) is 3.98. The first kappa shape index (κ1) is 31.4. The first-order valence-electron chi connectivity index (χ1n) is 15.1. The number of benzene rings is 2. The van der Waals surface area contributed by atoms with E-state index in [1.807, 2.05) is 64.1 Å². The number of alkyl carbamates (subject to hydrolysis) is 1. The third-order valence-electron chi connectivity index (χ3n) is 7.84. The zero-order chi connectivity index (χ0) is 32.3. The van der Waals surface area contributed by atoms with Crippen LogP contribution in [-0.4, -0.2) is 59.2 Å². The Morgan fingerprint density at radius 1 is 1.07 bits per heavy atom. The average Bonchev–Trinajstić information content (AvgIpc) is 3.25. The van der Waals surface area contributed by atoms with Crippen molar-refractivity contribution in [3.8, 4) is 17.6 Å². The number of nitrogens with one attached hydrogen (secondary N) is 1. The minimum atomic E-state index is -0.599. The molecule has 0 bridgehead atoms. The van der Waals surface area contributed by atoms with Crippen LogP contribution in [0.1, 0.15) is 56.0 Å². The van der Waals surface area contributed by atoms with E-state index in [1.165, 1.54) is 0 Å². The fourth-order valence-corrected chi connectivity index (χ4v) is 5.82. The molecule has 2 aromatic heterocycles. The molecule has 0 spiro atoms. The maximum atomic E-state index is 14.4. The Morgan fingerprint density at radius 3 is 2.53 bits per heavy atom. The summed E-state index contributed by atoms with van der Waals surface area (Å²) in [4.78, 5) is 34.1. The van der Waals surface area contributed by atoms with E-state index < -0.39 is 11.7 Å². The van der Waals surface area contributed by atoms with E-state index in [-0.39, 0.29) is 24.8 Å². The summed E-state index contributed by atoms with van der Waals surface area (Å²) in [6.45, 7) is 9.12. The second-order valence-electron chi connectivity index (χ2n) is 12.3. The zero-order valence-corrected chi connectivity index (χ0v) is 26.7. The molecule has 1 N–H and O–H groups in total. The Bertz CT molecular complexity index is 1810. The number of nitriles is 1. The van der Waals surface area contributed by atoms with Gasteiger partial charge in [-0.25, -0.2) is 14.6 Å². The molecular formula is C34H40N6O5. The molecule has 11 heteroatoms. The molecule has 1 unspecified atom stereocenters. The normalized spacial score (nSPS) is 15.0. The summed E-state index contributed by atoms with van der Waals surface area (Å²) in [6.07, 6.45) is 1.20. The number of methoxy groups -OCH3 is 2.